The molecule has 0 unspecified atom stereocenters. The fraction of sp³-hybridized carbons (Fsp3) is 0.111. The van der Waals surface area contributed by atoms with Gasteiger partial charge in [0.05, 0.1) is 17.1 Å². The zero-order valence-electron chi connectivity index (χ0n) is 18.2. The minimum Gasteiger partial charge on any atom is -0.352 e. The molecule has 6 heteroatoms. The quantitative estimate of drug-likeness (QED) is 0.390. The van der Waals surface area contributed by atoms with Gasteiger partial charge in [-0.2, -0.15) is 0 Å². The summed E-state index contributed by atoms with van der Waals surface area (Å²) >= 11 is 1.66. The number of nitrogens with zero attached hydrogens (tertiary/aromatic N) is 3. The Morgan fingerprint density at radius 2 is 1.85 bits per heavy atom. The van der Waals surface area contributed by atoms with Crippen molar-refractivity contribution in [3.05, 3.63) is 113 Å². The molecule has 1 aliphatic heterocycles. The van der Waals surface area contributed by atoms with Crippen LogP contribution in [0.1, 0.15) is 32.7 Å². The highest BCUT2D eigenvalue weighted by Gasteiger charge is 2.21. The Labute approximate surface area is 197 Å². The molecule has 5 rings (SSSR count). The number of amides is 1. The van der Waals surface area contributed by atoms with Gasteiger partial charge < -0.3 is 5.32 Å². The lowest BCUT2D eigenvalue weighted by molar-refractivity contribution is 0.0954. The first-order chi connectivity index (χ1) is 16.2. The van der Waals surface area contributed by atoms with Crippen molar-refractivity contribution in [1.29, 1.82) is 0 Å². The van der Waals surface area contributed by atoms with Crippen LogP contribution in [0.15, 0.2) is 100 Å². The van der Waals surface area contributed by atoms with Crippen LogP contribution in [0.5, 0.6) is 0 Å². The zero-order chi connectivity index (χ0) is 22.6. The molecule has 162 valence electrons. The van der Waals surface area contributed by atoms with E-state index in [1.807, 2.05) is 67.7 Å². The van der Waals surface area contributed by atoms with Crippen LogP contribution in [0.25, 0.3) is 0 Å². The topological polar surface area (TPSA) is 67.2 Å². The second-order valence-electron chi connectivity index (χ2n) is 7.78. The maximum atomic E-state index is 12.8. The Hall–Kier alpha value is -3.77. The van der Waals surface area contributed by atoms with Crippen molar-refractivity contribution >= 4 is 29.1 Å². The van der Waals surface area contributed by atoms with Crippen molar-refractivity contribution in [2.75, 3.05) is 6.54 Å². The molecule has 1 N–H and O–H groups in total. The van der Waals surface area contributed by atoms with E-state index in [0.717, 1.165) is 50.0 Å². The van der Waals surface area contributed by atoms with Crippen LogP contribution in [0.3, 0.4) is 0 Å². The number of hydrogen-bond donors (Lipinski definition) is 1. The molecule has 1 aliphatic rings. The number of nitrogens with one attached hydrogen (secondary N) is 1. The summed E-state index contributed by atoms with van der Waals surface area (Å²) in [5, 5.41) is 3.00. The first kappa shape index (κ1) is 21.1. The first-order valence-electron chi connectivity index (χ1n) is 10.8. The van der Waals surface area contributed by atoms with E-state index in [2.05, 4.69) is 27.4 Å². The average molecular weight is 451 g/mol. The van der Waals surface area contributed by atoms with E-state index in [1.165, 1.54) is 0 Å². The Balaban J connectivity index is 1.46. The van der Waals surface area contributed by atoms with Crippen LogP contribution < -0.4 is 5.32 Å². The Morgan fingerprint density at radius 1 is 0.970 bits per heavy atom. The molecule has 0 bridgehead atoms. The molecule has 33 heavy (non-hydrogen) atoms. The van der Waals surface area contributed by atoms with Gasteiger partial charge in [-0.3, -0.25) is 14.8 Å². The van der Waals surface area contributed by atoms with Gasteiger partial charge in [0.2, 0.25) is 0 Å². The van der Waals surface area contributed by atoms with Crippen LogP contribution in [0.4, 0.5) is 5.69 Å². The van der Waals surface area contributed by atoms with Crippen LogP contribution in [0, 0.1) is 6.92 Å². The van der Waals surface area contributed by atoms with E-state index in [0.29, 0.717) is 12.1 Å². The molecule has 0 fully saturated rings. The van der Waals surface area contributed by atoms with Gasteiger partial charge in [-0.25, -0.2) is 4.99 Å². The number of fused-ring (bicyclic) bond motifs is 2. The minimum absolute atomic E-state index is 0.112. The lowest BCUT2D eigenvalue weighted by atomic mass is 10.0. The summed E-state index contributed by atoms with van der Waals surface area (Å²) in [5.41, 5.74) is 6.23. The molecule has 4 aromatic rings. The van der Waals surface area contributed by atoms with E-state index < -0.39 is 0 Å². The van der Waals surface area contributed by atoms with Crippen molar-refractivity contribution in [3.63, 3.8) is 0 Å². The van der Waals surface area contributed by atoms with E-state index in [9.17, 15) is 4.79 Å². The van der Waals surface area contributed by atoms with E-state index >= 15 is 0 Å². The van der Waals surface area contributed by atoms with Gasteiger partial charge in [0.25, 0.3) is 5.91 Å². The predicted octanol–water partition coefficient (Wildman–Crippen LogP) is 5.39. The second-order valence-corrected chi connectivity index (χ2v) is 8.86. The number of aromatic nitrogens is 2. The Morgan fingerprint density at radius 3 is 2.70 bits per heavy atom. The maximum absolute atomic E-state index is 12.8. The third-order valence-corrected chi connectivity index (χ3v) is 6.61. The number of pyridine rings is 2. The number of hydrogen-bond acceptors (Lipinski definition) is 5. The molecule has 3 heterocycles. The van der Waals surface area contributed by atoms with Gasteiger partial charge >= 0.3 is 0 Å². The minimum atomic E-state index is -0.112. The van der Waals surface area contributed by atoms with Crippen molar-refractivity contribution in [3.8, 4) is 0 Å². The molecule has 1 amide bonds. The van der Waals surface area contributed by atoms with Gasteiger partial charge in [-0.1, -0.05) is 42.1 Å². The number of aryl methyl sites for hydroxylation is 1. The van der Waals surface area contributed by atoms with Crippen molar-refractivity contribution in [2.45, 2.75) is 23.1 Å². The molecule has 0 aliphatic carbocycles. The summed E-state index contributed by atoms with van der Waals surface area (Å²) in [7, 11) is 0. The largest absolute Gasteiger partial charge is 0.352 e. The predicted molar refractivity (Wildman–Crippen MR) is 132 cm³/mol. The van der Waals surface area contributed by atoms with Gasteiger partial charge in [-0.15, -0.1) is 0 Å². The summed E-state index contributed by atoms with van der Waals surface area (Å²) in [5.74, 6) is -0.112. The molecular formula is C27H22N4OS. The van der Waals surface area contributed by atoms with Crippen molar-refractivity contribution < 1.29 is 4.79 Å². The highest BCUT2D eigenvalue weighted by molar-refractivity contribution is 7.99. The number of carbonyl (C=O) groups is 1. The van der Waals surface area contributed by atoms with E-state index in [1.54, 1.807) is 24.2 Å². The van der Waals surface area contributed by atoms with E-state index in [-0.39, 0.29) is 5.91 Å². The second kappa shape index (κ2) is 9.38. The summed E-state index contributed by atoms with van der Waals surface area (Å²) in [4.78, 5) is 28.7. The van der Waals surface area contributed by atoms with Crippen LogP contribution in [-0.2, 0) is 6.42 Å². The fourth-order valence-corrected chi connectivity index (χ4v) is 4.77. The maximum Gasteiger partial charge on any atom is 0.251 e. The number of rotatable bonds is 5. The smallest absolute Gasteiger partial charge is 0.251 e. The molecule has 2 aromatic heterocycles. The number of carbonyl (C=O) groups excluding carboxylic acids is 1. The van der Waals surface area contributed by atoms with Gasteiger partial charge in [0.1, 0.15) is 0 Å². The molecule has 2 aromatic carbocycles. The molecule has 5 nitrogen and oxygen atoms in total. The molecule has 0 saturated heterocycles. The van der Waals surface area contributed by atoms with E-state index in [4.69, 9.17) is 4.99 Å². The van der Waals surface area contributed by atoms with Crippen molar-refractivity contribution in [1.82, 2.24) is 15.3 Å². The highest BCUT2D eigenvalue weighted by atomic mass is 32.2. The lowest BCUT2D eigenvalue weighted by Crippen LogP contribution is -2.25. The summed E-state index contributed by atoms with van der Waals surface area (Å²) in [6.07, 6.45) is 6.09. The monoisotopic (exact) mass is 450 g/mol. The lowest BCUT2D eigenvalue weighted by Gasteiger charge is -2.10. The SMILES string of the molecule is Cc1cccnc1C1=Nc2cc(C(=O)NCCc3cccnc3)ccc2Sc2ccccc21. The Bertz CT molecular complexity index is 1350. The molecule has 0 atom stereocenters. The fourth-order valence-electron chi connectivity index (χ4n) is 3.77. The average Bonchev–Trinajstić information content (AvgIpc) is 3.01. The third kappa shape index (κ3) is 4.56. The highest BCUT2D eigenvalue weighted by Crippen LogP contribution is 2.41. The molecular weight excluding hydrogens is 428 g/mol. The molecule has 0 spiro atoms. The van der Waals surface area contributed by atoms with Crippen LogP contribution >= 0.6 is 11.8 Å². The Kier molecular flexibility index (Phi) is 6.00. The standard InChI is InChI=1S/C27H22N4OS/c1-18-6-4-14-29-25(18)26-21-8-2-3-9-23(21)33-24-11-10-20(16-22(24)31-26)27(32)30-15-12-19-7-5-13-28-17-19/h2-11,13-14,16-17H,12,15H2,1H3,(H,30,32). The summed E-state index contributed by atoms with van der Waals surface area (Å²) in [6, 6.07) is 21.8. The molecule has 0 radical (unpaired) electrons. The first-order valence-corrected chi connectivity index (χ1v) is 11.6. The van der Waals surface area contributed by atoms with Crippen LogP contribution in [0.2, 0.25) is 0 Å². The normalized spacial score (nSPS) is 12.2. The zero-order valence-corrected chi connectivity index (χ0v) is 19.0. The number of benzene rings is 2. The van der Waals surface area contributed by atoms with Gasteiger partial charge in [0.15, 0.2) is 0 Å². The van der Waals surface area contributed by atoms with Gasteiger partial charge in [0, 0.05) is 46.1 Å². The third-order valence-electron chi connectivity index (χ3n) is 5.47. The van der Waals surface area contributed by atoms with Crippen LogP contribution in [-0.4, -0.2) is 28.1 Å². The molecule has 0 saturated carbocycles. The summed E-state index contributed by atoms with van der Waals surface area (Å²) in [6.45, 7) is 2.59. The number of aliphatic imine (C=N–C) groups is 1. The van der Waals surface area contributed by atoms with Gasteiger partial charge in [-0.05, 0) is 60.9 Å². The van der Waals surface area contributed by atoms with Crippen molar-refractivity contribution in [2.24, 2.45) is 4.99 Å². The summed E-state index contributed by atoms with van der Waals surface area (Å²) < 4.78 is 0.